The van der Waals surface area contributed by atoms with Gasteiger partial charge in [-0.3, -0.25) is 19.7 Å². The Labute approximate surface area is 363 Å². The van der Waals surface area contributed by atoms with Crippen LogP contribution < -0.4 is 34.9 Å². The molecule has 2 fully saturated rings. The van der Waals surface area contributed by atoms with Crippen molar-refractivity contribution < 1.29 is 41.8 Å². The van der Waals surface area contributed by atoms with E-state index in [1.54, 1.807) is 31.4 Å². The van der Waals surface area contributed by atoms with E-state index >= 15 is 0 Å². The van der Waals surface area contributed by atoms with Gasteiger partial charge in [-0.1, -0.05) is 66.9 Å². The third kappa shape index (κ3) is 12.2. The van der Waals surface area contributed by atoms with Crippen LogP contribution in [-0.4, -0.2) is 73.1 Å². The van der Waals surface area contributed by atoms with Crippen molar-refractivity contribution in [1.29, 1.82) is 0 Å². The van der Waals surface area contributed by atoms with Gasteiger partial charge in [-0.15, -0.1) is 0 Å². The number of sulfonamides is 1. The van der Waals surface area contributed by atoms with E-state index in [9.17, 15) is 27.6 Å². The monoisotopic (exact) mass is 890 g/mol. The van der Waals surface area contributed by atoms with E-state index in [-0.39, 0.29) is 33.2 Å². The van der Waals surface area contributed by atoms with Crippen LogP contribution in [0.5, 0.6) is 17.2 Å². The molecule has 4 N–H and O–H groups in total. The van der Waals surface area contributed by atoms with Gasteiger partial charge in [0.25, 0.3) is 21.2 Å². The lowest BCUT2D eigenvalue weighted by Gasteiger charge is -2.22. The van der Waals surface area contributed by atoms with Crippen LogP contribution in [-0.2, 0) is 41.3 Å². The fourth-order valence-electron chi connectivity index (χ4n) is 6.84. The number of rotatable bonds is 14. The van der Waals surface area contributed by atoms with E-state index in [0.29, 0.717) is 48.1 Å². The highest BCUT2D eigenvalue weighted by Gasteiger charge is 2.31. The van der Waals surface area contributed by atoms with E-state index in [1.807, 2.05) is 54.1 Å². The average Bonchev–Trinajstić information content (AvgIpc) is 3.75. The van der Waals surface area contributed by atoms with Crippen LogP contribution in [0, 0.1) is 0 Å². The molecule has 0 bridgehead atoms. The van der Waals surface area contributed by atoms with Crippen LogP contribution in [0.3, 0.4) is 0 Å². The van der Waals surface area contributed by atoms with Gasteiger partial charge in [0.05, 0.1) is 41.0 Å². The molecule has 4 aromatic carbocycles. The predicted molar refractivity (Wildman–Crippen MR) is 233 cm³/mol. The van der Waals surface area contributed by atoms with E-state index < -0.39 is 16.1 Å². The summed E-state index contributed by atoms with van der Waals surface area (Å²) in [4.78, 5) is 52.0. The van der Waals surface area contributed by atoms with Gasteiger partial charge in [-0.2, -0.15) is 0 Å². The van der Waals surface area contributed by atoms with E-state index in [0.717, 1.165) is 77.6 Å². The van der Waals surface area contributed by atoms with E-state index in [4.69, 9.17) is 25.8 Å². The number of fused-ring (bicyclic) bond motifs is 1. The molecule has 1 unspecified atom stereocenters. The maximum Gasteiger partial charge on any atom is 0.328 e. The number of thioether (sulfide) groups is 1. The number of hydrogen-bond acceptors (Lipinski definition) is 11. The van der Waals surface area contributed by atoms with Gasteiger partial charge in [0, 0.05) is 30.7 Å². The molecule has 5 aromatic rings. The topological polar surface area (TPSA) is 196 Å². The molecule has 15 nitrogen and oxygen atoms in total. The summed E-state index contributed by atoms with van der Waals surface area (Å²) in [6.45, 7) is 0.671. The van der Waals surface area contributed by atoms with Crippen LogP contribution in [0.25, 0.3) is 11.0 Å². The quantitative estimate of drug-likeness (QED) is 0.0927. The number of halogens is 1. The predicted octanol–water partition coefficient (Wildman–Crippen LogP) is 6.70. The second-order valence-electron chi connectivity index (χ2n) is 14.4. The van der Waals surface area contributed by atoms with Crippen molar-refractivity contribution in [3.05, 3.63) is 112 Å². The largest absolute Gasteiger partial charge is 0.497 e. The first-order valence-corrected chi connectivity index (χ1v) is 22.3. The van der Waals surface area contributed by atoms with Crippen LogP contribution in [0.4, 0.5) is 9.59 Å². The molecule has 2 heterocycles. The first-order valence-electron chi connectivity index (χ1n) is 19.6. The lowest BCUT2D eigenvalue weighted by molar-refractivity contribution is -0.118. The van der Waals surface area contributed by atoms with E-state index in [2.05, 4.69) is 25.7 Å². The number of hydrogen-bond donors (Lipinski definition) is 4. The van der Waals surface area contributed by atoms with Crippen molar-refractivity contribution in [3.63, 3.8) is 0 Å². The number of benzene rings is 4. The third-order valence-electron chi connectivity index (χ3n) is 10.2. The molecule has 7 rings (SSSR count). The summed E-state index contributed by atoms with van der Waals surface area (Å²) < 4.78 is 45.4. The zero-order valence-electron chi connectivity index (χ0n) is 33.9. The highest BCUT2D eigenvalue weighted by Crippen LogP contribution is 2.26. The Balaban J connectivity index is 0.000000206. The molecule has 18 heteroatoms. The standard InChI is InChI=1S/C23H28ClN3O5S.C20H19N3O4S/c1-32-21-12-9-17(24)15-20(21)22(28)25-14-13-16-7-10-19(11-8-16)33(30,31)27-23(29)26-18-5-3-2-4-6-18;1-23-16-10-14(26-2)7-8-15(16)21-18(23)11-27-13-5-3-12(4-6-13)9-17-19(24)22-20(25)28-17/h7-12,15,18H,2-6,13-14H2,1H3,(H,25,28)(H2,26,27,29);3-8,10,17H,9,11H2,1-2H3,(H,22,24,25). The molecule has 61 heavy (non-hydrogen) atoms. The SMILES string of the molecule is COc1ccc(Cl)cc1C(=O)NCCc1ccc(S(=O)(=O)NC(=O)NC2CCCCC2)cc1.COc1ccc2nc(COc3ccc(CC4SC(=O)NC4=O)cc3)n(C)c2c1. The summed E-state index contributed by atoms with van der Waals surface area (Å²) in [5.74, 6) is 2.19. The Morgan fingerprint density at radius 2 is 1.61 bits per heavy atom. The zero-order valence-corrected chi connectivity index (χ0v) is 36.3. The maximum atomic E-state index is 12.5. The number of aromatic nitrogens is 2. The molecule has 1 aliphatic carbocycles. The van der Waals surface area contributed by atoms with Crippen molar-refractivity contribution in [2.24, 2.45) is 7.05 Å². The molecule has 1 atom stereocenters. The van der Waals surface area contributed by atoms with Crippen molar-refractivity contribution in [2.75, 3.05) is 20.8 Å². The van der Waals surface area contributed by atoms with Gasteiger partial charge < -0.3 is 29.4 Å². The fraction of sp³-hybridized carbons (Fsp3) is 0.326. The van der Waals surface area contributed by atoms with Crippen molar-refractivity contribution in [2.45, 2.75) is 67.7 Å². The Morgan fingerprint density at radius 3 is 2.28 bits per heavy atom. The molecule has 0 spiro atoms. The molecular formula is C43H47ClN6O9S2. The molecule has 2 aliphatic rings. The first-order chi connectivity index (χ1) is 29.3. The zero-order chi connectivity index (χ0) is 43.5. The number of carbonyl (C=O) groups excluding carboxylic acids is 4. The minimum absolute atomic E-state index is 0.00209. The number of nitrogens with zero attached hydrogens (tertiary/aromatic N) is 2. The second kappa shape index (κ2) is 20.7. The van der Waals surface area contributed by atoms with E-state index in [1.165, 1.54) is 25.3 Å². The summed E-state index contributed by atoms with van der Waals surface area (Å²) in [5.41, 5.74) is 4.02. The minimum atomic E-state index is -3.97. The number of imide groups is 1. The summed E-state index contributed by atoms with van der Waals surface area (Å²) >= 11 is 7.00. The van der Waals surface area contributed by atoms with Crippen LogP contribution in [0.15, 0.2) is 89.8 Å². The molecule has 5 amide bonds. The first kappa shape index (κ1) is 44.8. The number of imidazole rings is 1. The Hall–Kier alpha value is -5.78. The van der Waals surface area contributed by atoms with Crippen molar-refractivity contribution >= 4 is 67.5 Å². The van der Waals surface area contributed by atoms with Gasteiger partial charge in [-0.05, 0) is 91.4 Å². The summed E-state index contributed by atoms with van der Waals surface area (Å²) in [5, 5.41) is 7.62. The van der Waals surface area contributed by atoms with Gasteiger partial charge in [0.15, 0.2) is 0 Å². The number of aryl methyl sites for hydroxylation is 1. The van der Waals surface area contributed by atoms with Gasteiger partial charge >= 0.3 is 6.03 Å². The highest BCUT2D eigenvalue weighted by molar-refractivity contribution is 8.15. The molecule has 1 saturated heterocycles. The summed E-state index contributed by atoms with van der Waals surface area (Å²) in [7, 11) is 1.10. The molecular weight excluding hydrogens is 844 g/mol. The molecule has 0 radical (unpaired) electrons. The highest BCUT2D eigenvalue weighted by atomic mass is 35.5. The molecule has 1 aromatic heterocycles. The number of ether oxygens (including phenoxy) is 3. The smallest absolute Gasteiger partial charge is 0.328 e. The number of amides is 5. The Morgan fingerprint density at radius 1 is 0.902 bits per heavy atom. The fourth-order valence-corrected chi connectivity index (χ4v) is 8.79. The number of methoxy groups -OCH3 is 2. The normalized spacial score (nSPS) is 15.3. The third-order valence-corrected chi connectivity index (χ3v) is 12.7. The minimum Gasteiger partial charge on any atom is -0.497 e. The Bertz CT molecular complexity index is 2470. The van der Waals surface area contributed by atoms with Crippen LogP contribution >= 0.6 is 23.4 Å². The summed E-state index contributed by atoms with van der Waals surface area (Å²) in [6.07, 6.45) is 5.94. The number of nitrogens with one attached hydrogen (secondary N) is 4. The van der Waals surface area contributed by atoms with Crippen LogP contribution in [0.1, 0.15) is 59.4 Å². The molecule has 1 saturated carbocycles. The van der Waals surface area contributed by atoms with Gasteiger partial charge in [0.1, 0.15) is 29.7 Å². The molecule has 322 valence electrons. The van der Waals surface area contributed by atoms with Gasteiger partial charge in [-0.25, -0.2) is 22.9 Å². The van der Waals surface area contributed by atoms with Gasteiger partial charge in [0.2, 0.25) is 5.91 Å². The summed E-state index contributed by atoms with van der Waals surface area (Å²) in [6, 6.07) is 23.6. The lowest BCUT2D eigenvalue weighted by atomic mass is 9.96. The molecule has 1 aliphatic heterocycles. The van der Waals surface area contributed by atoms with Crippen LogP contribution in [0.2, 0.25) is 5.02 Å². The maximum absolute atomic E-state index is 12.5. The lowest BCUT2D eigenvalue weighted by Crippen LogP contribution is -2.45. The van der Waals surface area contributed by atoms with Crippen molar-refractivity contribution in [3.8, 4) is 17.2 Å². The number of urea groups is 1. The van der Waals surface area contributed by atoms with Crippen molar-refractivity contribution in [1.82, 2.24) is 30.2 Å². The average molecular weight is 891 g/mol. The Kier molecular flexibility index (Phi) is 15.2. The second-order valence-corrected chi connectivity index (χ2v) is 17.7. The number of carbonyl (C=O) groups is 4.